The maximum absolute atomic E-state index is 12.8. The highest BCUT2D eigenvalue weighted by molar-refractivity contribution is 9.10. The van der Waals surface area contributed by atoms with E-state index in [1.807, 2.05) is 31.0 Å². The molecular formula is C19H26BrNO4. The Hall–Kier alpha value is -1.24. The summed E-state index contributed by atoms with van der Waals surface area (Å²) in [5, 5.41) is 1.81. The van der Waals surface area contributed by atoms with Crippen molar-refractivity contribution in [2.75, 3.05) is 27.3 Å². The second-order valence-electron chi connectivity index (χ2n) is 6.74. The highest BCUT2D eigenvalue weighted by Crippen LogP contribution is 2.37. The van der Waals surface area contributed by atoms with Gasteiger partial charge in [-0.3, -0.25) is 9.59 Å². The first-order valence-corrected chi connectivity index (χ1v) is 9.26. The molecule has 0 spiro atoms. The molecule has 0 N–H and O–H groups in total. The third-order valence-corrected chi connectivity index (χ3v) is 6.09. The number of rotatable bonds is 6. The Balaban J connectivity index is 2.16. The summed E-state index contributed by atoms with van der Waals surface area (Å²) in [4.78, 5) is 30.5. The molecule has 0 bridgehead atoms. The summed E-state index contributed by atoms with van der Waals surface area (Å²) in [5.74, 6) is -0.222. The minimum absolute atomic E-state index is 0.0700. The molecule has 0 aromatic heterocycles. The van der Waals surface area contributed by atoms with Gasteiger partial charge in [-0.25, -0.2) is 0 Å². The van der Waals surface area contributed by atoms with Crippen LogP contribution in [0.25, 0.3) is 0 Å². The van der Waals surface area contributed by atoms with Crippen LogP contribution in [0.3, 0.4) is 0 Å². The maximum atomic E-state index is 12.8. The second kappa shape index (κ2) is 8.43. The van der Waals surface area contributed by atoms with Gasteiger partial charge in [0, 0.05) is 30.4 Å². The fourth-order valence-electron chi connectivity index (χ4n) is 3.54. The molecule has 2 rings (SSSR count). The van der Waals surface area contributed by atoms with Crippen molar-refractivity contribution in [2.45, 2.75) is 39.5 Å². The number of nitrogens with zero attached hydrogens (tertiary/aromatic N) is 1. The first-order chi connectivity index (χ1) is 11.8. The summed E-state index contributed by atoms with van der Waals surface area (Å²) in [5.41, 5.74) is 2.47. The van der Waals surface area contributed by atoms with Crippen molar-refractivity contribution in [1.29, 1.82) is 0 Å². The van der Waals surface area contributed by atoms with E-state index in [-0.39, 0.29) is 18.2 Å². The van der Waals surface area contributed by atoms with Crippen LogP contribution in [0.5, 0.6) is 0 Å². The van der Waals surface area contributed by atoms with Gasteiger partial charge < -0.3 is 9.57 Å². The largest absolute Gasteiger partial charge is 0.469 e. The minimum Gasteiger partial charge on any atom is -0.469 e. The summed E-state index contributed by atoms with van der Waals surface area (Å²) >= 11 is 3.52. The van der Waals surface area contributed by atoms with Crippen LogP contribution in [-0.4, -0.2) is 44.1 Å². The molecule has 1 aliphatic heterocycles. The van der Waals surface area contributed by atoms with Gasteiger partial charge in [0.05, 0.1) is 19.6 Å². The summed E-state index contributed by atoms with van der Waals surface area (Å²) in [6.07, 6.45) is 1.68. The van der Waals surface area contributed by atoms with Crippen LogP contribution in [0.15, 0.2) is 16.6 Å². The van der Waals surface area contributed by atoms with Crippen molar-refractivity contribution in [1.82, 2.24) is 5.06 Å². The number of esters is 1. The monoisotopic (exact) mass is 411 g/mol. The number of methoxy groups -OCH3 is 1. The molecule has 1 aromatic carbocycles. The molecule has 1 fully saturated rings. The number of Topliss-reactive ketones (excluding diaryl/α,β-unsaturated/α-hetero) is 1. The van der Waals surface area contributed by atoms with Crippen molar-refractivity contribution in [3.05, 3.63) is 33.3 Å². The van der Waals surface area contributed by atoms with Crippen molar-refractivity contribution >= 4 is 27.7 Å². The summed E-state index contributed by atoms with van der Waals surface area (Å²) in [6.45, 7) is 5.25. The lowest BCUT2D eigenvalue weighted by atomic mass is 9.74. The SMILES string of the molecule is COC(=O)C1(CC(=O)Cc2c(C)ccc(Br)c2C)CCN(OC)CC1. The summed E-state index contributed by atoms with van der Waals surface area (Å²) < 4.78 is 6.02. The van der Waals surface area contributed by atoms with Gasteiger partial charge >= 0.3 is 5.97 Å². The number of benzene rings is 1. The molecule has 1 aromatic rings. The lowest BCUT2D eigenvalue weighted by molar-refractivity contribution is -0.179. The van der Waals surface area contributed by atoms with E-state index in [0.717, 1.165) is 21.2 Å². The molecule has 0 atom stereocenters. The lowest BCUT2D eigenvalue weighted by Crippen LogP contribution is -2.45. The van der Waals surface area contributed by atoms with Crippen molar-refractivity contribution in [3.63, 3.8) is 0 Å². The van der Waals surface area contributed by atoms with Gasteiger partial charge in [0.1, 0.15) is 5.78 Å². The average molecular weight is 412 g/mol. The van der Waals surface area contributed by atoms with Crippen LogP contribution < -0.4 is 0 Å². The minimum atomic E-state index is -0.741. The smallest absolute Gasteiger partial charge is 0.312 e. The third kappa shape index (κ3) is 4.49. The Morgan fingerprint density at radius 3 is 2.40 bits per heavy atom. The van der Waals surface area contributed by atoms with Gasteiger partial charge in [-0.2, -0.15) is 5.06 Å². The van der Waals surface area contributed by atoms with Crippen LogP contribution in [0.2, 0.25) is 0 Å². The zero-order chi connectivity index (χ0) is 18.6. The molecular weight excluding hydrogens is 386 g/mol. The molecule has 6 heteroatoms. The number of hydrogen-bond donors (Lipinski definition) is 0. The zero-order valence-corrected chi connectivity index (χ0v) is 16.9. The van der Waals surface area contributed by atoms with Crippen LogP contribution in [0, 0.1) is 19.3 Å². The average Bonchev–Trinajstić information content (AvgIpc) is 2.61. The lowest BCUT2D eigenvalue weighted by Gasteiger charge is -2.38. The summed E-state index contributed by atoms with van der Waals surface area (Å²) in [6, 6.07) is 4.00. The number of hydrogen-bond acceptors (Lipinski definition) is 5. The van der Waals surface area contributed by atoms with E-state index < -0.39 is 5.41 Å². The maximum Gasteiger partial charge on any atom is 0.312 e. The first kappa shape index (κ1) is 20.1. The molecule has 25 heavy (non-hydrogen) atoms. The van der Waals surface area contributed by atoms with Crippen LogP contribution in [0.1, 0.15) is 36.0 Å². The highest BCUT2D eigenvalue weighted by atomic mass is 79.9. The van der Waals surface area contributed by atoms with E-state index in [0.29, 0.717) is 32.4 Å². The molecule has 0 saturated carbocycles. The highest BCUT2D eigenvalue weighted by Gasteiger charge is 2.44. The normalized spacial score (nSPS) is 17.3. The Morgan fingerprint density at radius 2 is 1.84 bits per heavy atom. The van der Waals surface area contributed by atoms with E-state index in [1.54, 1.807) is 7.11 Å². The van der Waals surface area contributed by atoms with Crippen molar-refractivity contribution in [3.8, 4) is 0 Å². The van der Waals surface area contributed by atoms with Crippen molar-refractivity contribution < 1.29 is 19.2 Å². The molecule has 5 nitrogen and oxygen atoms in total. The molecule has 0 radical (unpaired) electrons. The molecule has 0 aliphatic carbocycles. The molecule has 1 aliphatic rings. The third-order valence-electron chi connectivity index (χ3n) is 5.23. The fourth-order valence-corrected chi connectivity index (χ4v) is 3.91. The number of halogens is 1. The van der Waals surface area contributed by atoms with E-state index >= 15 is 0 Å². The van der Waals surface area contributed by atoms with E-state index in [9.17, 15) is 9.59 Å². The quantitative estimate of drug-likeness (QED) is 0.671. The topological polar surface area (TPSA) is 55.8 Å². The van der Waals surface area contributed by atoms with E-state index in [1.165, 1.54) is 7.11 Å². The molecule has 0 amide bonds. The number of piperidine rings is 1. The van der Waals surface area contributed by atoms with Gasteiger partial charge in [-0.15, -0.1) is 0 Å². The molecule has 138 valence electrons. The van der Waals surface area contributed by atoms with Crippen LogP contribution in [-0.2, 0) is 25.6 Å². The van der Waals surface area contributed by atoms with Gasteiger partial charge in [0.15, 0.2) is 0 Å². The van der Waals surface area contributed by atoms with Gasteiger partial charge in [-0.1, -0.05) is 22.0 Å². The zero-order valence-electron chi connectivity index (χ0n) is 15.4. The molecule has 1 heterocycles. The van der Waals surface area contributed by atoms with Gasteiger partial charge in [0.25, 0.3) is 0 Å². The molecule has 0 unspecified atom stereocenters. The number of ether oxygens (including phenoxy) is 1. The molecule has 1 saturated heterocycles. The number of aryl methyl sites for hydroxylation is 1. The predicted octanol–water partition coefficient (Wildman–Crippen LogP) is 3.38. The Morgan fingerprint density at radius 1 is 1.20 bits per heavy atom. The van der Waals surface area contributed by atoms with Crippen LogP contribution >= 0.6 is 15.9 Å². The fraction of sp³-hybridized carbons (Fsp3) is 0.579. The Bertz CT molecular complexity index is 651. The Kier molecular flexibility index (Phi) is 6.77. The van der Waals surface area contributed by atoms with Crippen molar-refractivity contribution in [2.24, 2.45) is 5.41 Å². The van der Waals surface area contributed by atoms with Crippen LogP contribution in [0.4, 0.5) is 0 Å². The van der Waals surface area contributed by atoms with E-state index in [2.05, 4.69) is 15.9 Å². The Labute approximate surface area is 157 Å². The van der Waals surface area contributed by atoms with E-state index in [4.69, 9.17) is 9.57 Å². The van der Waals surface area contributed by atoms with Gasteiger partial charge in [0.2, 0.25) is 0 Å². The number of ketones is 1. The first-order valence-electron chi connectivity index (χ1n) is 8.46. The second-order valence-corrected chi connectivity index (χ2v) is 7.60. The summed E-state index contributed by atoms with van der Waals surface area (Å²) in [7, 11) is 3.01. The number of carbonyl (C=O) groups is 2. The standard InChI is InChI=1S/C19H26BrNO4/c1-13-5-6-17(20)14(2)16(13)11-15(22)12-19(18(23)24-3)7-9-21(25-4)10-8-19/h5-6H,7-12H2,1-4H3. The van der Waals surface area contributed by atoms with Gasteiger partial charge in [-0.05, 0) is 49.4 Å². The predicted molar refractivity (Wildman–Crippen MR) is 99.2 cm³/mol. The number of carbonyl (C=O) groups excluding carboxylic acids is 2. The number of hydroxylamine groups is 2.